The minimum Gasteiger partial charge on any atom is -0.496 e. The Morgan fingerprint density at radius 2 is 1.96 bits per heavy atom. The number of aromatic nitrogens is 1. The van der Waals surface area contributed by atoms with Crippen LogP contribution in [0.1, 0.15) is 28.4 Å². The van der Waals surface area contributed by atoms with Gasteiger partial charge >= 0.3 is 5.97 Å². The van der Waals surface area contributed by atoms with Crippen LogP contribution in [0.4, 0.5) is 0 Å². The van der Waals surface area contributed by atoms with Gasteiger partial charge in [0.25, 0.3) is 5.91 Å². The normalized spacial score (nSPS) is 11.4. The molecule has 0 spiro atoms. The summed E-state index contributed by atoms with van der Waals surface area (Å²) in [7, 11) is 2.85. The van der Waals surface area contributed by atoms with E-state index in [1.165, 1.54) is 20.4 Å². The summed E-state index contributed by atoms with van der Waals surface area (Å²) in [6.07, 6.45) is 3.05. The lowest BCUT2D eigenvalue weighted by molar-refractivity contribution is -0.141. The molecule has 6 heteroatoms. The van der Waals surface area contributed by atoms with Crippen LogP contribution >= 0.6 is 0 Å². The van der Waals surface area contributed by atoms with Crippen LogP contribution in [0.5, 0.6) is 5.75 Å². The molecule has 0 aliphatic carbocycles. The molecule has 2 aromatic rings. The van der Waals surface area contributed by atoms with Gasteiger partial charge in [-0.05, 0) is 18.2 Å². The van der Waals surface area contributed by atoms with Gasteiger partial charge in [0.1, 0.15) is 5.75 Å². The SMILES string of the molecule is COC(=O)CC(NC(=O)c1cccnc1)c1ccccc1OC. The van der Waals surface area contributed by atoms with Crippen molar-refractivity contribution in [2.24, 2.45) is 0 Å². The van der Waals surface area contributed by atoms with Crippen molar-refractivity contribution in [2.45, 2.75) is 12.5 Å². The van der Waals surface area contributed by atoms with E-state index in [4.69, 9.17) is 9.47 Å². The first-order valence-electron chi connectivity index (χ1n) is 7.06. The van der Waals surface area contributed by atoms with Crippen LogP contribution < -0.4 is 10.1 Å². The van der Waals surface area contributed by atoms with Crippen molar-refractivity contribution in [3.05, 3.63) is 59.9 Å². The van der Waals surface area contributed by atoms with Gasteiger partial charge in [-0.1, -0.05) is 18.2 Å². The largest absolute Gasteiger partial charge is 0.496 e. The number of carbonyl (C=O) groups excluding carboxylic acids is 2. The fraction of sp³-hybridized carbons (Fsp3) is 0.235. The van der Waals surface area contributed by atoms with Crippen molar-refractivity contribution in [1.82, 2.24) is 10.3 Å². The Bertz CT molecular complexity index is 673. The maximum Gasteiger partial charge on any atom is 0.307 e. The highest BCUT2D eigenvalue weighted by Gasteiger charge is 2.22. The first-order valence-corrected chi connectivity index (χ1v) is 7.06. The number of esters is 1. The Hall–Kier alpha value is -2.89. The van der Waals surface area contributed by atoms with E-state index in [0.29, 0.717) is 16.9 Å². The topological polar surface area (TPSA) is 77.5 Å². The maximum absolute atomic E-state index is 12.4. The molecule has 6 nitrogen and oxygen atoms in total. The molecule has 0 saturated heterocycles. The molecule has 0 fully saturated rings. The molecule has 0 radical (unpaired) electrons. The van der Waals surface area contributed by atoms with Crippen molar-refractivity contribution in [3.8, 4) is 5.75 Å². The molecular weight excluding hydrogens is 296 g/mol. The zero-order chi connectivity index (χ0) is 16.7. The number of carbonyl (C=O) groups is 2. The second-order valence-corrected chi connectivity index (χ2v) is 4.79. The molecule has 1 N–H and O–H groups in total. The third-order valence-electron chi connectivity index (χ3n) is 3.34. The molecule has 1 atom stereocenters. The minimum absolute atomic E-state index is 0.00285. The molecule has 0 aliphatic rings. The van der Waals surface area contributed by atoms with E-state index in [-0.39, 0.29) is 12.3 Å². The first kappa shape index (κ1) is 16.5. The Labute approximate surface area is 134 Å². The molecule has 23 heavy (non-hydrogen) atoms. The molecule has 1 amide bonds. The molecule has 2 rings (SSSR count). The number of nitrogens with zero attached hydrogens (tertiary/aromatic N) is 1. The summed E-state index contributed by atoms with van der Waals surface area (Å²) in [6.45, 7) is 0. The molecule has 1 aromatic carbocycles. The standard InChI is InChI=1S/C17H18N2O4/c1-22-15-8-4-3-7-13(15)14(10-16(20)23-2)19-17(21)12-6-5-9-18-11-12/h3-9,11,14H,10H2,1-2H3,(H,19,21). The number of rotatable bonds is 6. The second-order valence-electron chi connectivity index (χ2n) is 4.79. The molecule has 0 bridgehead atoms. The van der Waals surface area contributed by atoms with Gasteiger partial charge in [0.15, 0.2) is 0 Å². The zero-order valence-corrected chi connectivity index (χ0v) is 13.0. The molecule has 1 heterocycles. The number of pyridine rings is 1. The summed E-state index contributed by atoms with van der Waals surface area (Å²) >= 11 is 0. The summed E-state index contributed by atoms with van der Waals surface area (Å²) in [4.78, 5) is 28.0. The van der Waals surface area contributed by atoms with Crippen LogP contribution in [-0.2, 0) is 9.53 Å². The van der Waals surface area contributed by atoms with Crippen molar-refractivity contribution >= 4 is 11.9 Å². The van der Waals surface area contributed by atoms with Gasteiger partial charge in [-0.3, -0.25) is 14.6 Å². The number of para-hydroxylation sites is 1. The van der Waals surface area contributed by atoms with Gasteiger partial charge < -0.3 is 14.8 Å². The molecule has 1 aromatic heterocycles. The Morgan fingerprint density at radius 1 is 1.17 bits per heavy atom. The van der Waals surface area contributed by atoms with E-state index in [2.05, 4.69) is 10.3 Å². The van der Waals surface area contributed by atoms with Gasteiger partial charge in [0, 0.05) is 18.0 Å². The lowest BCUT2D eigenvalue weighted by atomic mass is 10.0. The number of hydrogen-bond acceptors (Lipinski definition) is 5. The highest BCUT2D eigenvalue weighted by molar-refractivity contribution is 5.94. The van der Waals surface area contributed by atoms with E-state index in [1.807, 2.05) is 12.1 Å². The highest BCUT2D eigenvalue weighted by atomic mass is 16.5. The Balaban J connectivity index is 2.27. The van der Waals surface area contributed by atoms with E-state index in [0.717, 1.165) is 0 Å². The number of amides is 1. The fourth-order valence-electron chi connectivity index (χ4n) is 2.18. The van der Waals surface area contributed by atoms with Gasteiger partial charge in [-0.15, -0.1) is 0 Å². The Kier molecular flexibility index (Phi) is 5.68. The van der Waals surface area contributed by atoms with Gasteiger partial charge in [0.05, 0.1) is 32.2 Å². The lowest BCUT2D eigenvalue weighted by Gasteiger charge is -2.20. The molecule has 120 valence electrons. The average Bonchev–Trinajstić information content (AvgIpc) is 2.61. The highest BCUT2D eigenvalue weighted by Crippen LogP contribution is 2.27. The lowest BCUT2D eigenvalue weighted by Crippen LogP contribution is -2.30. The van der Waals surface area contributed by atoms with Crippen LogP contribution in [0, 0.1) is 0 Å². The maximum atomic E-state index is 12.4. The van der Waals surface area contributed by atoms with Gasteiger partial charge in [0.2, 0.25) is 0 Å². The predicted molar refractivity (Wildman–Crippen MR) is 84.1 cm³/mol. The Morgan fingerprint density at radius 3 is 2.61 bits per heavy atom. The van der Waals surface area contributed by atoms with Crippen LogP contribution in [-0.4, -0.2) is 31.1 Å². The second kappa shape index (κ2) is 7.93. The summed E-state index contributed by atoms with van der Waals surface area (Å²) in [5, 5.41) is 2.83. The number of hydrogen-bond donors (Lipinski definition) is 1. The number of benzene rings is 1. The van der Waals surface area contributed by atoms with Crippen LogP contribution in [0.2, 0.25) is 0 Å². The molecular formula is C17H18N2O4. The summed E-state index contributed by atoms with van der Waals surface area (Å²) in [6, 6.07) is 9.98. The summed E-state index contributed by atoms with van der Waals surface area (Å²) in [5.74, 6) is -0.154. The van der Waals surface area contributed by atoms with Crippen LogP contribution in [0.25, 0.3) is 0 Å². The quantitative estimate of drug-likeness (QED) is 0.826. The third-order valence-corrected chi connectivity index (χ3v) is 3.34. The fourth-order valence-corrected chi connectivity index (χ4v) is 2.18. The number of nitrogens with one attached hydrogen (secondary N) is 1. The third kappa shape index (κ3) is 4.29. The van der Waals surface area contributed by atoms with Crippen molar-refractivity contribution in [2.75, 3.05) is 14.2 Å². The molecule has 1 unspecified atom stereocenters. The van der Waals surface area contributed by atoms with Crippen molar-refractivity contribution in [3.63, 3.8) is 0 Å². The van der Waals surface area contributed by atoms with E-state index < -0.39 is 12.0 Å². The minimum atomic E-state index is -0.564. The average molecular weight is 314 g/mol. The predicted octanol–water partition coefficient (Wildman–Crippen LogP) is 2.12. The smallest absolute Gasteiger partial charge is 0.307 e. The van der Waals surface area contributed by atoms with Crippen LogP contribution in [0.3, 0.4) is 0 Å². The van der Waals surface area contributed by atoms with Gasteiger partial charge in [-0.2, -0.15) is 0 Å². The van der Waals surface area contributed by atoms with Crippen molar-refractivity contribution in [1.29, 1.82) is 0 Å². The van der Waals surface area contributed by atoms with Gasteiger partial charge in [-0.25, -0.2) is 0 Å². The van der Waals surface area contributed by atoms with Crippen molar-refractivity contribution < 1.29 is 19.1 Å². The molecule has 0 aliphatic heterocycles. The zero-order valence-electron chi connectivity index (χ0n) is 13.0. The molecule has 0 saturated carbocycles. The summed E-state index contributed by atoms with van der Waals surface area (Å²) in [5.41, 5.74) is 1.12. The number of methoxy groups -OCH3 is 2. The van der Waals surface area contributed by atoms with E-state index in [9.17, 15) is 9.59 Å². The van der Waals surface area contributed by atoms with E-state index >= 15 is 0 Å². The summed E-state index contributed by atoms with van der Waals surface area (Å²) < 4.78 is 10.0. The van der Waals surface area contributed by atoms with Crippen LogP contribution in [0.15, 0.2) is 48.8 Å². The van der Waals surface area contributed by atoms with E-state index in [1.54, 1.807) is 30.5 Å². The monoisotopic (exact) mass is 314 g/mol. The first-order chi connectivity index (χ1) is 11.2. The number of ether oxygens (including phenoxy) is 2.